The predicted octanol–water partition coefficient (Wildman–Crippen LogP) is 3.83. The zero-order chi connectivity index (χ0) is 19.8. The van der Waals surface area contributed by atoms with Gasteiger partial charge in [-0.05, 0) is 52.4 Å². The van der Waals surface area contributed by atoms with Crippen LogP contribution < -0.4 is 5.32 Å². The summed E-state index contributed by atoms with van der Waals surface area (Å²) in [6.45, 7) is 9.53. The van der Waals surface area contributed by atoms with Crippen molar-refractivity contribution < 1.29 is 14.2 Å². The Morgan fingerprint density at radius 3 is 2.45 bits per heavy atom. The Labute approximate surface area is 194 Å². The second kappa shape index (κ2) is 12.7. The molecule has 0 aromatic rings. The first-order valence-corrected chi connectivity index (χ1v) is 11.5. The fourth-order valence-corrected chi connectivity index (χ4v) is 5.32. The molecule has 1 saturated heterocycles. The van der Waals surface area contributed by atoms with Crippen LogP contribution in [0.5, 0.6) is 0 Å². The fraction of sp³-hybridized carbons (Fsp3) is 0.955. The van der Waals surface area contributed by atoms with Gasteiger partial charge in [0.15, 0.2) is 5.96 Å². The molecule has 2 saturated carbocycles. The summed E-state index contributed by atoms with van der Waals surface area (Å²) in [6, 6.07) is 0.514. The van der Waals surface area contributed by atoms with E-state index in [1.807, 2.05) is 0 Å². The minimum atomic E-state index is 0. The first kappa shape index (κ1) is 25.1. The molecule has 2 aliphatic carbocycles. The summed E-state index contributed by atoms with van der Waals surface area (Å²) in [5, 5.41) is 3.86. The van der Waals surface area contributed by atoms with E-state index in [1.54, 1.807) is 7.11 Å². The van der Waals surface area contributed by atoms with E-state index in [4.69, 9.17) is 19.2 Å². The Morgan fingerprint density at radius 2 is 1.83 bits per heavy atom. The molecular weight excluding hydrogens is 481 g/mol. The molecule has 7 heteroatoms. The largest absolute Gasteiger partial charge is 0.385 e. The highest BCUT2D eigenvalue weighted by atomic mass is 127. The molecule has 0 aromatic carbocycles. The van der Waals surface area contributed by atoms with Crippen molar-refractivity contribution in [2.45, 2.75) is 83.5 Å². The molecule has 2 atom stereocenters. The number of rotatable bonds is 9. The Bertz CT molecular complexity index is 492. The highest BCUT2D eigenvalue weighted by molar-refractivity contribution is 14.0. The van der Waals surface area contributed by atoms with Crippen LogP contribution in [0.3, 0.4) is 0 Å². The third kappa shape index (κ3) is 6.20. The van der Waals surface area contributed by atoms with Crippen molar-refractivity contribution in [3.05, 3.63) is 0 Å². The summed E-state index contributed by atoms with van der Waals surface area (Å²) in [5.41, 5.74) is 0.341. The summed E-state index contributed by atoms with van der Waals surface area (Å²) in [5.74, 6) is 1.10. The molecule has 0 amide bonds. The molecule has 170 valence electrons. The number of hydrogen-bond acceptors (Lipinski definition) is 4. The number of guanidine groups is 1. The Kier molecular flexibility index (Phi) is 11.0. The van der Waals surface area contributed by atoms with Crippen LogP contribution in [-0.2, 0) is 14.2 Å². The third-order valence-corrected chi connectivity index (χ3v) is 6.89. The standard InChI is InChI=1S/C22H41N3O3.HI/c1-4-23-21(25-13-9-18(10-14-25)28-16-8-15-26-3)24-19-17-20(27-5-2)22(19)11-6-7-12-22;/h18-20H,4-17H2,1-3H3,(H,23,24);1H. The minimum Gasteiger partial charge on any atom is -0.385 e. The number of methoxy groups -OCH3 is 1. The van der Waals surface area contributed by atoms with Crippen LogP contribution in [-0.4, -0.2) is 75.7 Å². The van der Waals surface area contributed by atoms with Crippen LogP contribution >= 0.6 is 24.0 Å². The molecule has 6 nitrogen and oxygen atoms in total. The van der Waals surface area contributed by atoms with Crippen molar-refractivity contribution in [3.8, 4) is 0 Å². The minimum absolute atomic E-state index is 0. The molecule has 3 fully saturated rings. The lowest BCUT2D eigenvalue weighted by molar-refractivity contribution is -0.126. The molecule has 1 heterocycles. The van der Waals surface area contributed by atoms with Crippen molar-refractivity contribution in [2.75, 3.05) is 46.6 Å². The van der Waals surface area contributed by atoms with E-state index in [9.17, 15) is 0 Å². The maximum atomic E-state index is 6.08. The van der Waals surface area contributed by atoms with E-state index in [0.29, 0.717) is 23.7 Å². The first-order chi connectivity index (χ1) is 13.7. The second-order valence-corrected chi connectivity index (χ2v) is 8.52. The van der Waals surface area contributed by atoms with E-state index in [-0.39, 0.29) is 24.0 Å². The van der Waals surface area contributed by atoms with E-state index in [1.165, 1.54) is 25.7 Å². The van der Waals surface area contributed by atoms with E-state index < -0.39 is 0 Å². The van der Waals surface area contributed by atoms with Crippen molar-refractivity contribution in [3.63, 3.8) is 0 Å². The van der Waals surface area contributed by atoms with Crippen LogP contribution in [0.1, 0.15) is 65.2 Å². The first-order valence-electron chi connectivity index (χ1n) is 11.5. The fourth-order valence-electron chi connectivity index (χ4n) is 5.32. The van der Waals surface area contributed by atoms with Crippen LogP contribution in [0.15, 0.2) is 4.99 Å². The van der Waals surface area contributed by atoms with Crippen LogP contribution in [0.4, 0.5) is 0 Å². The summed E-state index contributed by atoms with van der Waals surface area (Å²) < 4.78 is 17.2. The van der Waals surface area contributed by atoms with Gasteiger partial charge < -0.3 is 24.4 Å². The van der Waals surface area contributed by atoms with Gasteiger partial charge in [0.25, 0.3) is 0 Å². The van der Waals surface area contributed by atoms with E-state index >= 15 is 0 Å². The molecule has 3 aliphatic rings. The Hall–Kier alpha value is -0.120. The van der Waals surface area contributed by atoms with Crippen molar-refractivity contribution >= 4 is 29.9 Å². The number of halogens is 1. The Balaban J connectivity index is 0.00000300. The number of ether oxygens (including phenoxy) is 3. The highest BCUT2D eigenvalue weighted by Crippen LogP contribution is 2.54. The quantitative estimate of drug-likeness (QED) is 0.216. The van der Waals surface area contributed by atoms with Gasteiger partial charge in [0.2, 0.25) is 0 Å². The topological polar surface area (TPSA) is 55.3 Å². The summed E-state index contributed by atoms with van der Waals surface area (Å²) in [6.07, 6.45) is 10.3. The zero-order valence-corrected chi connectivity index (χ0v) is 21.0. The molecule has 0 bridgehead atoms. The Morgan fingerprint density at radius 1 is 1.10 bits per heavy atom. The number of aliphatic imine (C=N–C) groups is 1. The predicted molar refractivity (Wildman–Crippen MR) is 128 cm³/mol. The zero-order valence-electron chi connectivity index (χ0n) is 18.7. The number of hydrogen-bond donors (Lipinski definition) is 1. The number of nitrogens with one attached hydrogen (secondary N) is 1. The number of piperidine rings is 1. The van der Waals surface area contributed by atoms with Gasteiger partial charge in [-0.3, -0.25) is 4.99 Å². The molecule has 2 unspecified atom stereocenters. The van der Waals surface area contributed by atoms with Crippen LogP contribution in [0.25, 0.3) is 0 Å². The monoisotopic (exact) mass is 523 g/mol. The van der Waals surface area contributed by atoms with E-state index in [0.717, 1.165) is 71.1 Å². The van der Waals surface area contributed by atoms with Gasteiger partial charge in [-0.1, -0.05) is 12.8 Å². The van der Waals surface area contributed by atoms with E-state index in [2.05, 4.69) is 24.1 Å². The van der Waals surface area contributed by atoms with Gasteiger partial charge >= 0.3 is 0 Å². The molecular formula is C22H42IN3O3. The highest BCUT2D eigenvalue weighted by Gasteiger charge is 2.57. The molecule has 0 aromatic heterocycles. The van der Waals surface area contributed by atoms with Gasteiger partial charge in [-0.25, -0.2) is 0 Å². The van der Waals surface area contributed by atoms with Gasteiger partial charge in [-0.2, -0.15) is 0 Å². The molecule has 1 spiro atoms. The molecule has 3 rings (SSSR count). The lowest BCUT2D eigenvalue weighted by atomic mass is 9.60. The van der Waals surface area contributed by atoms with Crippen molar-refractivity contribution in [1.29, 1.82) is 0 Å². The molecule has 29 heavy (non-hydrogen) atoms. The molecule has 0 radical (unpaired) electrons. The summed E-state index contributed by atoms with van der Waals surface area (Å²) in [7, 11) is 1.74. The number of nitrogens with zero attached hydrogens (tertiary/aromatic N) is 2. The second-order valence-electron chi connectivity index (χ2n) is 8.52. The van der Waals surface area contributed by atoms with Gasteiger partial charge in [0, 0.05) is 58.0 Å². The van der Waals surface area contributed by atoms with Gasteiger partial charge in [0.05, 0.1) is 12.2 Å². The van der Waals surface area contributed by atoms with Gasteiger partial charge in [-0.15, -0.1) is 24.0 Å². The third-order valence-electron chi connectivity index (χ3n) is 6.89. The van der Waals surface area contributed by atoms with Crippen molar-refractivity contribution in [2.24, 2.45) is 10.4 Å². The smallest absolute Gasteiger partial charge is 0.194 e. The molecule has 1 N–H and O–H groups in total. The van der Waals surface area contributed by atoms with Crippen LogP contribution in [0.2, 0.25) is 0 Å². The normalized spacial score (nSPS) is 27.0. The number of likely N-dealkylation sites (tertiary alicyclic amines) is 1. The maximum absolute atomic E-state index is 6.08. The SMILES string of the molecule is CCN=C(NC1CC(OCC)C12CCCC2)N1CCC(OCCCOC)CC1.I. The molecule has 1 aliphatic heterocycles. The maximum Gasteiger partial charge on any atom is 0.194 e. The van der Waals surface area contributed by atoms with Crippen LogP contribution in [0, 0.1) is 5.41 Å². The summed E-state index contributed by atoms with van der Waals surface area (Å²) in [4.78, 5) is 7.28. The van der Waals surface area contributed by atoms with Crippen molar-refractivity contribution in [1.82, 2.24) is 10.2 Å². The average molecular weight is 524 g/mol. The lowest BCUT2D eigenvalue weighted by Gasteiger charge is -2.55. The lowest BCUT2D eigenvalue weighted by Crippen LogP contribution is -2.65. The summed E-state index contributed by atoms with van der Waals surface area (Å²) >= 11 is 0. The average Bonchev–Trinajstić information content (AvgIpc) is 3.23. The van der Waals surface area contributed by atoms with Gasteiger partial charge in [0.1, 0.15) is 0 Å².